The number of hydrogen-bond donors (Lipinski definition) is 0. The Bertz CT molecular complexity index is 2580. The summed E-state index contributed by atoms with van der Waals surface area (Å²) < 4.78 is 0. The van der Waals surface area contributed by atoms with Crippen molar-refractivity contribution in [3.8, 4) is 0 Å². The summed E-state index contributed by atoms with van der Waals surface area (Å²) in [6.45, 7) is 0. The van der Waals surface area contributed by atoms with Gasteiger partial charge in [-0.25, -0.2) is 0 Å². The van der Waals surface area contributed by atoms with E-state index in [4.69, 9.17) is 0 Å². The normalized spacial score (nSPS) is 35.8. The van der Waals surface area contributed by atoms with Crippen LogP contribution in [0.4, 0.5) is 0 Å². The zero-order chi connectivity index (χ0) is 91.5. The zero-order valence-corrected chi connectivity index (χ0v) is 89.6. The fraction of sp³-hybridized carbons (Fsp3) is 0.895. The van der Waals surface area contributed by atoms with Crippen LogP contribution in [0.1, 0.15) is 636 Å². The summed E-state index contributed by atoms with van der Waals surface area (Å²) in [6, 6.07) is 0. The lowest BCUT2D eigenvalue weighted by atomic mass is 9.65. The number of fused-ring (bicyclic) bond motifs is 16. The van der Waals surface area contributed by atoms with Gasteiger partial charge in [-0.05, 0) is 253 Å². The highest BCUT2D eigenvalue weighted by Crippen LogP contribution is 2.56. The molecule has 8 atom stereocenters. The van der Waals surface area contributed by atoms with Crippen molar-refractivity contribution in [3.63, 3.8) is 0 Å². The molecule has 28 fully saturated rings. The highest BCUT2D eigenvalue weighted by Gasteiger charge is 2.45. The molecule has 0 aromatic heterocycles. The molecule has 33 aliphatic rings. The van der Waals surface area contributed by atoms with Crippen LogP contribution in [0.3, 0.4) is 0 Å². The van der Waals surface area contributed by atoms with Crippen LogP contribution in [0, 0.1) is 118 Å². The molecule has 0 N–H and O–H groups in total. The molecule has 0 aromatic rings. The monoisotopic (exact) mass is 1830 g/mol. The van der Waals surface area contributed by atoms with Gasteiger partial charge in [0.1, 0.15) is 0 Å². The Kier molecular flexibility index (Phi) is 62.2. The first-order chi connectivity index (χ1) is 66.1. The molecular weight excluding hydrogens is 1600 g/mol. The molecule has 133 heavy (non-hydrogen) atoms. The van der Waals surface area contributed by atoms with Gasteiger partial charge in [0.15, 0.2) is 0 Å². The zero-order valence-electron chi connectivity index (χ0n) is 89.6. The van der Waals surface area contributed by atoms with E-state index in [2.05, 4.69) is 85.1 Å². The quantitative estimate of drug-likeness (QED) is 0.168. The Balaban J connectivity index is 0.000000135. The fourth-order valence-corrected chi connectivity index (χ4v) is 29.2. The smallest absolute Gasteiger partial charge is 0.0169 e. The van der Waals surface area contributed by atoms with Crippen LogP contribution in [0.2, 0.25) is 0 Å². The molecular formula is C133H232. The second-order valence-electron chi connectivity index (χ2n) is 50.5. The molecule has 0 radical (unpaired) electrons. The van der Waals surface area contributed by atoms with E-state index in [1.54, 1.807) is 250 Å². The third-order valence-corrected chi connectivity index (χ3v) is 39.4. The van der Waals surface area contributed by atoms with Crippen molar-refractivity contribution in [3.05, 3.63) is 85.1 Å². The standard InChI is InChI=1S/C10H18.C9H16.C9H14.3C8H14.C8H16.2C7H12.C7H14.C6H10.C6H12.C6H10.2C6H8.C5H8.C5H10.C5H8.C4H8.C3H6/c1-2-6-10-8-4-3-7-9(10)5-1;2*1-2-5-9-7-3-6-8(9)4-1;1-3-7-5-2-6-8(7)4-1;2*1-2-8-5-3-7(1)4-6-8;1-2-4-6-8-7-5-3-1;1-2-7-4-3-6(1)5-7;1-2-6-4-7(3-1)5-6;1-2-4-6-7-5-3-1;1-2-5-4-6(5)3-1;4*1-2-4-6-5-3-1;1-2-5-3-4(1)5;2*1-2-4-5-3-1;1-2-4-3-1;1-2-3-1/h9-10H,1-8H2;8-9H,1-7H2;3,6,8-9H,1-2,4-5,7H2;3*7-8H,1-6H2;1-8H2;2*6-7H,1-5H2;1-7H2;5-6H,1-4H2;1-6H2;1-2H,3-6H2;1-2,5-6H,3-4H2;1-4H,5-6H2;4-5H,1-3H2;1-5H2;1-2H,3-5H2;1-4H2;1-3H2. The minimum atomic E-state index is 0.985. The summed E-state index contributed by atoms with van der Waals surface area (Å²) in [5.41, 5.74) is 0. The van der Waals surface area contributed by atoms with Crippen molar-refractivity contribution in [2.45, 2.75) is 636 Å². The molecule has 0 aliphatic heterocycles. The largest absolute Gasteiger partial charge is 0.0885 e. The lowest BCUT2D eigenvalue weighted by molar-refractivity contribution is 0.116. The van der Waals surface area contributed by atoms with E-state index in [0.29, 0.717) is 0 Å². The summed E-state index contributed by atoms with van der Waals surface area (Å²) in [6.07, 6.45) is 180. The van der Waals surface area contributed by atoms with Gasteiger partial charge in [-0.15, -0.1) is 0 Å². The van der Waals surface area contributed by atoms with Gasteiger partial charge in [-0.2, -0.15) is 0 Å². The van der Waals surface area contributed by atoms with Gasteiger partial charge in [0.2, 0.25) is 0 Å². The molecule has 0 nitrogen and oxygen atoms in total. The van der Waals surface area contributed by atoms with Crippen molar-refractivity contribution in [1.82, 2.24) is 0 Å². The van der Waals surface area contributed by atoms with E-state index in [-0.39, 0.29) is 0 Å². The first kappa shape index (κ1) is 112. The van der Waals surface area contributed by atoms with Crippen molar-refractivity contribution in [2.75, 3.05) is 0 Å². The molecule has 28 saturated carbocycles. The van der Waals surface area contributed by atoms with E-state index in [1.165, 1.54) is 443 Å². The van der Waals surface area contributed by atoms with Gasteiger partial charge in [0, 0.05) is 0 Å². The molecule has 33 aliphatic carbocycles. The van der Waals surface area contributed by atoms with Gasteiger partial charge < -0.3 is 0 Å². The van der Waals surface area contributed by atoms with Crippen LogP contribution < -0.4 is 0 Å². The van der Waals surface area contributed by atoms with Gasteiger partial charge in [-0.3, -0.25) is 0 Å². The Labute approximate surface area is 833 Å². The molecule has 0 saturated heterocycles. The Hall–Kier alpha value is -1.82. The van der Waals surface area contributed by atoms with Crippen molar-refractivity contribution in [1.29, 1.82) is 0 Å². The lowest BCUT2D eigenvalue weighted by Crippen LogP contribution is -2.28. The molecule has 8 bridgehead atoms. The lowest BCUT2D eigenvalue weighted by Gasteiger charge is -2.40. The summed E-state index contributed by atoms with van der Waals surface area (Å²) in [5.74, 6) is 23.2. The van der Waals surface area contributed by atoms with Crippen LogP contribution in [0.5, 0.6) is 0 Å². The number of allylic oxidation sites excluding steroid dienone is 14. The predicted molar refractivity (Wildman–Crippen MR) is 591 cm³/mol. The summed E-state index contributed by atoms with van der Waals surface area (Å²) in [4.78, 5) is 0. The van der Waals surface area contributed by atoms with Crippen molar-refractivity contribution in [2.24, 2.45) is 118 Å². The maximum absolute atomic E-state index is 2.43. The molecule has 0 spiro atoms. The first-order valence-corrected chi connectivity index (χ1v) is 63.7. The van der Waals surface area contributed by atoms with E-state index in [0.717, 1.165) is 60.2 Å². The van der Waals surface area contributed by atoms with Gasteiger partial charge in [-0.1, -0.05) is 586 Å². The van der Waals surface area contributed by atoms with E-state index in [9.17, 15) is 0 Å². The van der Waals surface area contributed by atoms with Crippen LogP contribution in [-0.4, -0.2) is 0 Å². The third kappa shape index (κ3) is 52.8. The van der Waals surface area contributed by atoms with Gasteiger partial charge in [0.25, 0.3) is 0 Å². The van der Waals surface area contributed by atoms with Crippen LogP contribution in [0.25, 0.3) is 0 Å². The minimum Gasteiger partial charge on any atom is -0.0885 e. The summed E-state index contributed by atoms with van der Waals surface area (Å²) in [7, 11) is 0. The first-order valence-electron chi connectivity index (χ1n) is 63.7. The number of rotatable bonds is 0. The average Bonchev–Trinajstić information content (AvgIpc) is 1.65. The average molecular weight is 1830 g/mol. The Morgan fingerprint density at radius 1 is 0.113 bits per heavy atom. The Morgan fingerprint density at radius 3 is 0.489 bits per heavy atom. The van der Waals surface area contributed by atoms with E-state index in [1.807, 2.05) is 0 Å². The van der Waals surface area contributed by atoms with Crippen LogP contribution in [-0.2, 0) is 0 Å². The van der Waals surface area contributed by atoms with Crippen molar-refractivity contribution < 1.29 is 0 Å². The molecule has 0 heterocycles. The minimum absolute atomic E-state index is 0.985. The molecule has 0 heteroatoms. The topological polar surface area (TPSA) is 0 Å². The maximum atomic E-state index is 2.43. The molecule has 0 aromatic carbocycles. The van der Waals surface area contributed by atoms with Crippen LogP contribution in [0.15, 0.2) is 85.1 Å². The summed E-state index contributed by atoms with van der Waals surface area (Å²) >= 11 is 0. The second kappa shape index (κ2) is 74.1. The highest BCUT2D eigenvalue weighted by molar-refractivity contribution is 5.07. The SMILES string of the molecule is C1=CC2CCCCC2C1.C1=CCC=CC1.C1=CCCC1.C1=CCCC=C1.C1=CCCCC1.C1CC1.C1CC2CC(C1)C2.C1CC2CC12.C1CC2CC2C1.C1CC2CCC1C2.C1CC2CCC1CC2.C1CC2CCC1CC2.C1CC2CCCC2C1.C1CCC1.C1CCC2CCCC2C1.C1CCC2CCCCC2C1.C1CCCC1.C1CCCCC1.C1CCCCCC1.C1CCCCCCC1. The van der Waals surface area contributed by atoms with E-state index >= 15 is 0 Å². The fourth-order valence-electron chi connectivity index (χ4n) is 29.2. The maximum Gasteiger partial charge on any atom is -0.0169 e. The van der Waals surface area contributed by atoms with Gasteiger partial charge >= 0.3 is 0 Å². The highest BCUT2D eigenvalue weighted by atomic mass is 14.5. The molecule has 8 unspecified atom stereocenters. The van der Waals surface area contributed by atoms with Crippen molar-refractivity contribution >= 4 is 0 Å². The summed E-state index contributed by atoms with van der Waals surface area (Å²) in [5, 5.41) is 0. The molecule has 764 valence electrons. The molecule has 33 rings (SSSR count). The Morgan fingerprint density at radius 2 is 0.331 bits per heavy atom. The molecule has 0 amide bonds. The predicted octanol–water partition coefficient (Wildman–Crippen LogP) is 45.0. The second-order valence-corrected chi connectivity index (χ2v) is 50.5. The third-order valence-electron chi connectivity index (χ3n) is 39.4. The van der Waals surface area contributed by atoms with E-state index < -0.39 is 0 Å². The number of hydrogen-bond acceptors (Lipinski definition) is 0. The van der Waals surface area contributed by atoms with Gasteiger partial charge in [0.05, 0.1) is 0 Å². The van der Waals surface area contributed by atoms with Crippen LogP contribution >= 0.6 is 0 Å².